The third-order valence-electron chi connectivity index (χ3n) is 5.39. The van der Waals surface area contributed by atoms with Crippen LogP contribution in [0, 0.1) is 18.6 Å². The molecule has 1 aromatic heterocycles. The van der Waals surface area contributed by atoms with Crippen molar-refractivity contribution in [3.8, 4) is 0 Å². The second-order valence-corrected chi connectivity index (χ2v) is 8.78. The van der Waals surface area contributed by atoms with Gasteiger partial charge in [0, 0.05) is 36.9 Å². The zero-order valence-electron chi connectivity index (χ0n) is 19.8. The van der Waals surface area contributed by atoms with Gasteiger partial charge in [0.25, 0.3) is 0 Å². The van der Waals surface area contributed by atoms with Crippen LogP contribution in [0.15, 0.2) is 41.3 Å². The third kappa shape index (κ3) is 6.61. The first-order valence-corrected chi connectivity index (χ1v) is 11.8. The summed E-state index contributed by atoms with van der Waals surface area (Å²) >= 11 is 3.13. The lowest BCUT2D eigenvalue weighted by molar-refractivity contribution is -0.147. The summed E-state index contributed by atoms with van der Waals surface area (Å²) in [7, 11) is 0. The van der Waals surface area contributed by atoms with Crippen LogP contribution < -0.4 is 5.32 Å². The Kier molecular flexibility index (Phi) is 9.33. The Morgan fingerprint density at radius 2 is 1.82 bits per heavy atom. The number of aryl methyl sites for hydroxylation is 1. The predicted octanol–water partition coefficient (Wildman–Crippen LogP) is 6.73. The Bertz CT molecular complexity index is 1040. The van der Waals surface area contributed by atoms with Crippen molar-refractivity contribution in [3.63, 3.8) is 0 Å². The maximum atomic E-state index is 14.4. The van der Waals surface area contributed by atoms with E-state index in [-0.39, 0.29) is 41.3 Å². The summed E-state index contributed by atoms with van der Waals surface area (Å²) in [6.45, 7) is 15.8. The van der Waals surface area contributed by atoms with E-state index in [1.165, 1.54) is 23.6 Å². The number of halogens is 6. The highest BCUT2D eigenvalue weighted by molar-refractivity contribution is 9.10. The molecule has 3 rings (SSSR count). The fourth-order valence-corrected chi connectivity index (χ4v) is 4.37. The van der Waals surface area contributed by atoms with Gasteiger partial charge in [0.2, 0.25) is 5.82 Å². The number of fused-ring (bicyclic) bond motifs is 1. The third-order valence-corrected chi connectivity index (χ3v) is 6.02. The fraction of sp³-hybridized carbons (Fsp3) is 0.458. The molecule has 0 saturated carbocycles. The highest BCUT2D eigenvalue weighted by atomic mass is 79.9. The van der Waals surface area contributed by atoms with E-state index in [2.05, 4.69) is 39.4 Å². The minimum Gasteiger partial charge on any atom is -0.386 e. The Morgan fingerprint density at radius 3 is 2.41 bits per heavy atom. The number of nitrogens with zero attached hydrogens (tertiary/aromatic N) is 3. The molecule has 0 bridgehead atoms. The van der Waals surface area contributed by atoms with Gasteiger partial charge in [-0.15, -0.1) is 0 Å². The van der Waals surface area contributed by atoms with Gasteiger partial charge in [0.15, 0.2) is 0 Å². The predicted molar refractivity (Wildman–Crippen MR) is 127 cm³/mol. The Labute approximate surface area is 205 Å². The zero-order chi connectivity index (χ0) is 25.8. The zero-order valence-corrected chi connectivity index (χ0v) is 21.4. The highest BCUT2D eigenvalue weighted by Crippen LogP contribution is 2.35. The molecule has 1 aliphatic heterocycles. The lowest BCUT2D eigenvalue weighted by atomic mass is 9.99. The summed E-state index contributed by atoms with van der Waals surface area (Å²) in [6.07, 6.45) is -3.97. The van der Waals surface area contributed by atoms with Crippen LogP contribution in [0.4, 0.5) is 22.0 Å². The minimum absolute atomic E-state index is 0.109. The van der Waals surface area contributed by atoms with E-state index < -0.39 is 23.6 Å². The lowest BCUT2D eigenvalue weighted by Gasteiger charge is -2.34. The first-order valence-electron chi connectivity index (χ1n) is 11.0. The molecule has 0 aliphatic carbocycles. The number of hydrogen-bond donors (Lipinski definition) is 1. The van der Waals surface area contributed by atoms with E-state index in [4.69, 9.17) is 0 Å². The van der Waals surface area contributed by atoms with Gasteiger partial charge < -0.3 is 14.8 Å². The normalized spacial score (nSPS) is 14.1. The molecule has 0 spiro atoms. The van der Waals surface area contributed by atoms with Gasteiger partial charge >= 0.3 is 6.18 Å². The van der Waals surface area contributed by atoms with Crippen molar-refractivity contribution in [2.75, 3.05) is 6.54 Å². The van der Waals surface area contributed by atoms with Crippen molar-refractivity contribution in [3.05, 3.63) is 75.6 Å². The second kappa shape index (κ2) is 11.4. The quantitative estimate of drug-likeness (QED) is 0.389. The molecule has 34 heavy (non-hydrogen) atoms. The molecule has 4 nitrogen and oxygen atoms in total. The van der Waals surface area contributed by atoms with Gasteiger partial charge in [-0.3, -0.25) is 0 Å². The molecule has 1 aliphatic rings. The van der Waals surface area contributed by atoms with Gasteiger partial charge in [-0.05, 0) is 59.5 Å². The van der Waals surface area contributed by atoms with Crippen LogP contribution >= 0.6 is 15.9 Å². The molecule has 188 valence electrons. The van der Waals surface area contributed by atoms with Gasteiger partial charge in [-0.1, -0.05) is 27.0 Å². The molecular weight excluding hydrogens is 519 g/mol. The molecule has 2 aromatic rings. The molecule has 10 heteroatoms. The average Bonchev–Trinajstić information content (AvgIpc) is 3.09. The Morgan fingerprint density at radius 1 is 1.18 bits per heavy atom. The molecule has 2 heterocycles. The number of benzene rings is 1. The number of nitrogens with one attached hydrogen (secondary N) is 1. The standard InChI is InChI=1S/C22H24BrF5N4.C2H6/c1-12(2)29-16(9-15-10-17(24)13(3)7-18(15)25)8-14(4)31-5-6-32-19(11-31)20(23)30-21(32)22(26,27)28;1-2/h7,10,16,29H,1,4-6,8-9,11H2,2-3H3;1-2H3. The number of aromatic nitrogens is 2. The van der Waals surface area contributed by atoms with Crippen LogP contribution in [-0.2, 0) is 25.7 Å². The molecule has 0 amide bonds. The van der Waals surface area contributed by atoms with E-state index >= 15 is 0 Å². The summed E-state index contributed by atoms with van der Waals surface area (Å²) in [5, 5.41) is 3.17. The van der Waals surface area contributed by atoms with E-state index in [1.807, 2.05) is 18.7 Å². The number of hydrogen-bond acceptors (Lipinski definition) is 3. The van der Waals surface area contributed by atoms with Gasteiger partial charge in [-0.25, -0.2) is 13.8 Å². The minimum atomic E-state index is -4.54. The number of alkyl halides is 3. The van der Waals surface area contributed by atoms with Crippen LogP contribution in [0.2, 0.25) is 0 Å². The first kappa shape index (κ1) is 27.9. The van der Waals surface area contributed by atoms with Crippen molar-refractivity contribution >= 4 is 15.9 Å². The van der Waals surface area contributed by atoms with Crippen LogP contribution in [0.1, 0.15) is 49.8 Å². The molecular formula is C24H30BrF5N4. The van der Waals surface area contributed by atoms with Crippen molar-refractivity contribution in [1.29, 1.82) is 0 Å². The Balaban J connectivity index is 0.00000199. The summed E-state index contributed by atoms with van der Waals surface area (Å²) < 4.78 is 69.3. The smallest absolute Gasteiger partial charge is 0.386 e. The van der Waals surface area contributed by atoms with Gasteiger partial charge in [0.05, 0.1) is 12.2 Å². The molecule has 0 radical (unpaired) electrons. The molecule has 0 saturated heterocycles. The maximum Gasteiger partial charge on any atom is 0.449 e. The summed E-state index contributed by atoms with van der Waals surface area (Å²) in [4.78, 5) is 5.51. The van der Waals surface area contributed by atoms with E-state index in [0.29, 0.717) is 30.1 Å². The Hall–Kier alpha value is -2.36. The van der Waals surface area contributed by atoms with Crippen LogP contribution in [-0.4, -0.2) is 27.0 Å². The van der Waals surface area contributed by atoms with Crippen molar-refractivity contribution in [1.82, 2.24) is 19.8 Å². The summed E-state index contributed by atoms with van der Waals surface area (Å²) in [5.74, 6) is -1.90. The highest BCUT2D eigenvalue weighted by Gasteiger charge is 2.40. The fourth-order valence-electron chi connectivity index (χ4n) is 3.86. The summed E-state index contributed by atoms with van der Waals surface area (Å²) in [5.41, 5.74) is 2.21. The van der Waals surface area contributed by atoms with Gasteiger partial charge in [0.1, 0.15) is 16.2 Å². The largest absolute Gasteiger partial charge is 0.449 e. The maximum absolute atomic E-state index is 14.4. The van der Waals surface area contributed by atoms with Crippen LogP contribution in [0.5, 0.6) is 0 Å². The number of rotatable bonds is 7. The molecule has 0 fully saturated rings. The lowest BCUT2D eigenvalue weighted by Crippen LogP contribution is -2.37. The summed E-state index contributed by atoms with van der Waals surface area (Å²) in [6, 6.07) is 2.03. The monoisotopic (exact) mass is 548 g/mol. The second-order valence-electron chi connectivity index (χ2n) is 8.03. The average molecular weight is 549 g/mol. The number of allylic oxidation sites excluding steroid dienone is 1. The first-order chi connectivity index (χ1) is 15.9. The van der Waals surface area contributed by atoms with Crippen molar-refractivity contribution in [2.45, 2.75) is 65.8 Å². The van der Waals surface area contributed by atoms with Gasteiger partial charge in [-0.2, -0.15) is 13.2 Å². The molecule has 1 atom stereocenters. The molecule has 1 unspecified atom stereocenters. The van der Waals surface area contributed by atoms with E-state index in [1.54, 1.807) is 6.92 Å². The molecule has 1 N–H and O–H groups in total. The van der Waals surface area contributed by atoms with Crippen molar-refractivity contribution < 1.29 is 22.0 Å². The number of imidazole rings is 1. The van der Waals surface area contributed by atoms with Crippen LogP contribution in [0.25, 0.3) is 0 Å². The molecule has 1 aromatic carbocycles. The van der Waals surface area contributed by atoms with E-state index in [0.717, 1.165) is 0 Å². The topological polar surface area (TPSA) is 33.1 Å². The van der Waals surface area contributed by atoms with E-state index in [9.17, 15) is 22.0 Å². The van der Waals surface area contributed by atoms with Crippen LogP contribution in [0.3, 0.4) is 0 Å². The van der Waals surface area contributed by atoms with Crippen molar-refractivity contribution in [2.24, 2.45) is 0 Å². The SMILES string of the molecule is C=C(C)NC(CC(=C)N1CCn2c(C(F)(F)F)nc(Br)c2C1)Cc1cc(F)c(C)cc1F.CC.